The summed E-state index contributed by atoms with van der Waals surface area (Å²) < 4.78 is 45.4. The molecule has 0 saturated heterocycles. The number of alkyl halides is 3. The molecule has 0 radical (unpaired) electrons. The van der Waals surface area contributed by atoms with Gasteiger partial charge >= 0.3 is 142 Å². The summed E-state index contributed by atoms with van der Waals surface area (Å²) in [7, 11) is 0. The zero-order chi connectivity index (χ0) is 18.0. The van der Waals surface area contributed by atoms with Gasteiger partial charge in [0.25, 0.3) is 0 Å². The maximum atomic E-state index is 12.6. The number of benzene rings is 1. The summed E-state index contributed by atoms with van der Waals surface area (Å²) in [6, 6.07) is 7.33. The van der Waals surface area contributed by atoms with Gasteiger partial charge in [-0.25, -0.2) is 0 Å². The number of aryl methyl sites for hydroxylation is 1. The van der Waals surface area contributed by atoms with Crippen LogP contribution >= 0.6 is 0 Å². The fraction of sp³-hybridized carbons (Fsp3) is 0.467. The molecule has 0 aliphatic heterocycles. The third-order valence-electron chi connectivity index (χ3n) is 3.41. The summed E-state index contributed by atoms with van der Waals surface area (Å²) >= 11 is -0.117. The van der Waals surface area contributed by atoms with Crippen LogP contribution < -0.4 is 10.9 Å². The number of fused-ring (bicyclic) bond motifs is 1. The van der Waals surface area contributed by atoms with E-state index in [1.165, 1.54) is 0 Å². The number of ether oxygens (including phenoxy) is 1. The molecule has 24 heavy (non-hydrogen) atoms. The molecule has 132 valence electrons. The Labute approximate surface area is 142 Å². The van der Waals surface area contributed by atoms with Gasteiger partial charge in [0.1, 0.15) is 0 Å². The van der Waals surface area contributed by atoms with Gasteiger partial charge in [0.2, 0.25) is 0 Å². The van der Waals surface area contributed by atoms with Crippen LogP contribution in [0.4, 0.5) is 18.0 Å². The van der Waals surface area contributed by atoms with Gasteiger partial charge in [-0.1, -0.05) is 0 Å². The number of amides is 1. The van der Waals surface area contributed by atoms with E-state index in [0.717, 1.165) is 18.1 Å². The van der Waals surface area contributed by atoms with Crippen molar-refractivity contribution in [2.75, 3.05) is 6.61 Å². The Morgan fingerprint density at radius 2 is 1.96 bits per heavy atom. The number of hydrogen-bond donors (Lipinski definition) is 1. The quantitative estimate of drug-likeness (QED) is 0.610. The first kappa shape index (κ1) is 18.6. The van der Waals surface area contributed by atoms with Gasteiger partial charge < -0.3 is 0 Å². The van der Waals surface area contributed by atoms with Crippen LogP contribution in [0.15, 0.2) is 29.1 Å². The van der Waals surface area contributed by atoms with Gasteiger partial charge in [0.05, 0.1) is 0 Å². The molecule has 2 aromatic rings. The first-order valence-corrected chi connectivity index (χ1v) is 8.84. The summed E-state index contributed by atoms with van der Waals surface area (Å²) in [4.78, 5) is 23.6. The zero-order valence-corrected chi connectivity index (χ0v) is 14.9. The minimum absolute atomic E-state index is 0.0595. The average Bonchev–Trinajstić information content (AvgIpc) is 2.79. The van der Waals surface area contributed by atoms with E-state index in [0.29, 0.717) is 18.4 Å². The van der Waals surface area contributed by atoms with Gasteiger partial charge in [-0.05, 0) is 0 Å². The van der Waals surface area contributed by atoms with Crippen molar-refractivity contribution in [1.82, 2.24) is 8.88 Å². The van der Waals surface area contributed by atoms with Gasteiger partial charge in [-0.2, -0.15) is 0 Å². The molecule has 0 unspecified atom stereocenters. The molecule has 5 nitrogen and oxygen atoms in total. The Bertz CT molecular complexity index is 780. The average molecular weight is 409 g/mol. The molecule has 0 spiro atoms. The number of alkyl carbamates (subject to hydrolysis) is 1. The molecule has 1 N–H and O–H groups in total. The van der Waals surface area contributed by atoms with Crippen molar-refractivity contribution in [1.29, 1.82) is 0 Å². The monoisotopic (exact) mass is 410 g/mol. The normalized spacial score (nSPS) is 12.4. The number of hydrogen-bond acceptors (Lipinski definition) is 3. The van der Waals surface area contributed by atoms with Crippen molar-refractivity contribution >= 4 is 30.5 Å². The molecule has 0 atom stereocenters. The van der Waals surface area contributed by atoms with Gasteiger partial charge in [0, 0.05) is 0 Å². The first-order valence-electron chi connectivity index (χ1n) is 7.22. The molecule has 2 rings (SSSR count). The number of nitrogens with one attached hydrogen (secondary N) is 1. The fourth-order valence-corrected chi connectivity index (χ4v) is 4.07. The first-order chi connectivity index (χ1) is 11.1. The second kappa shape index (κ2) is 7.02. The van der Waals surface area contributed by atoms with Crippen LogP contribution in [-0.2, 0) is 11.3 Å². The summed E-state index contributed by atoms with van der Waals surface area (Å²) in [5.74, 6) is 0. The standard InChI is InChI=1S/C15H17F3N2O3Se/c1-14(2,15(16,17)18)19-13(22)23-9-5-8-20-12(21)10-6-3-4-7-11(10)24-20/h3-4,6-7H,5,8-9H2,1-2H3,(H,19,22). The molecule has 0 aliphatic rings. The Morgan fingerprint density at radius 1 is 1.29 bits per heavy atom. The predicted molar refractivity (Wildman–Crippen MR) is 84.4 cm³/mol. The molecular formula is C15H17F3N2O3Se. The molecule has 1 aromatic heterocycles. The van der Waals surface area contributed by atoms with Gasteiger partial charge in [-0.3, -0.25) is 0 Å². The third-order valence-corrected chi connectivity index (χ3v) is 5.77. The fourth-order valence-electron chi connectivity index (χ4n) is 1.90. The van der Waals surface area contributed by atoms with E-state index in [-0.39, 0.29) is 26.9 Å². The SMILES string of the molecule is CC(C)(NC(=O)OCCCn1[se]c2ccccc2c1=O)C(F)(F)F. The Morgan fingerprint density at radius 3 is 2.58 bits per heavy atom. The molecule has 1 aromatic carbocycles. The second-order valence-electron chi connectivity index (χ2n) is 5.73. The van der Waals surface area contributed by atoms with Gasteiger partial charge in [0.15, 0.2) is 0 Å². The van der Waals surface area contributed by atoms with Crippen LogP contribution in [0.2, 0.25) is 0 Å². The third kappa shape index (κ3) is 4.21. The predicted octanol–water partition coefficient (Wildman–Crippen LogP) is 2.52. The molecule has 1 amide bonds. The van der Waals surface area contributed by atoms with E-state index in [4.69, 9.17) is 4.74 Å². The number of halogens is 3. The van der Waals surface area contributed by atoms with Crippen molar-refractivity contribution in [3.8, 4) is 0 Å². The van der Waals surface area contributed by atoms with Gasteiger partial charge in [-0.15, -0.1) is 0 Å². The minimum atomic E-state index is -4.57. The van der Waals surface area contributed by atoms with E-state index in [1.54, 1.807) is 21.0 Å². The van der Waals surface area contributed by atoms with Crippen LogP contribution in [0, 0.1) is 0 Å². The van der Waals surface area contributed by atoms with E-state index >= 15 is 0 Å². The summed E-state index contributed by atoms with van der Waals surface area (Å²) in [6.07, 6.45) is -5.33. The Balaban J connectivity index is 1.83. The molecular weight excluding hydrogens is 392 g/mol. The number of nitrogens with zero attached hydrogens (tertiary/aromatic N) is 1. The van der Waals surface area contributed by atoms with E-state index in [1.807, 2.05) is 12.1 Å². The van der Waals surface area contributed by atoms with Crippen LogP contribution in [0.25, 0.3) is 9.65 Å². The van der Waals surface area contributed by atoms with Crippen LogP contribution in [-0.4, -0.2) is 42.7 Å². The topological polar surface area (TPSA) is 60.3 Å². The van der Waals surface area contributed by atoms with Crippen molar-refractivity contribution < 1.29 is 22.7 Å². The molecule has 0 saturated carbocycles. The molecule has 0 bridgehead atoms. The van der Waals surface area contributed by atoms with Crippen molar-refractivity contribution in [2.24, 2.45) is 0 Å². The molecule has 0 fully saturated rings. The molecule has 1 heterocycles. The van der Waals surface area contributed by atoms with E-state index in [9.17, 15) is 22.8 Å². The van der Waals surface area contributed by atoms with Crippen molar-refractivity contribution in [3.05, 3.63) is 34.6 Å². The van der Waals surface area contributed by atoms with Crippen LogP contribution in [0.5, 0.6) is 0 Å². The molecule has 0 aliphatic carbocycles. The summed E-state index contributed by atoms with van der Waals surface area (Å²) in [5, 5.41) is 2.47. The maximum absolute atomic E-state index is 12.6. The number of carbonyl (C=O) groups is 1. The van der Waals surface area contributed by atoms with Crippen molar-refractivity contribution in [2.45, 2.75) is 38.5 Å². The van der Waals surface area contributed by atoms with E-state index in [2.05, 4.69) is 0 Å². The summed E-state index contributed by atoms with van der Waals surface area (Å²) in [6.45, 7) is 2.05. The van der Waals surface area contributed by atoms with Crippen molar-refractivity contribution in [3.63, 3.8) is 0 Å². The molecule has 9 heteroatoms. The number of rotatable bonds is 5. The summed E-state index contributed by atoms with van der Waals surface area (Å²) in [5.41, 5.74) is -2.42. The number of carbonyl (C=O) groups excluding carboxylic acids is 1. The zero-order valence-electron chi connectivity index (χ0n) is 13.1. The Hall–Kier alpha value is -1.73. The number of aromatic nitrogens is 1. The van der Waals surface area contributed by atoms with E-state index < -0.39 is 17.8 Å². The second-order valence-corrected chi connectivity index (χ2v) is 7.96. The Kier molecular flexibility index (Phi) is 5.45. The van der Waals surface area contributed by atoms with Crippen LogP contribution in [0.1, 0.15) is 20.3 Å². The van der Waals surface area contributed by atoms with Crippen LogP contribution in [0.3, 0.4) is 0 Å².